The Labute approximate surface area is 143 Å². The number of hydrogen-bond acceptors (Lipinski definition) is 5. The van der Waals surface area contributed by atoms with E-state index >= 15 is 0 Å². The van der Waals surface area contributed by atoms with Gasteiger partial charge in [-0.1, -0.05) is 0 Å². The van der Waals surface area contributed by atoms with E-state index in [2.05, 4.69) is 10.6 Å². The number of benzene rings is 2. The Hall–Kier alpha value is -2.67. The van der Waals surface area contributed by atoms with Crippen molar-refractivity contribution in [3.8, 4) is 11.5 Å². The zero-order chi connectivity index (χ0) is 17.1. The highest BCUT2D eigenvalue weighted by Crippen LogP contribution is 2.33. The molecule has 2 aromatic rings. The van der Waals surface area contributed by atoms with Crippen molar-refractivity contribution in [1.82, 2.24) is 0 Å². The van der Waals surface area contributed by atoms with E-state index in [-0.39, 0.29) is 11.8 Å². The highest BCUT2D eigenvalue weighted by Gasteiger charge is 2.16. The molecule has 2 amide bonds. The molecule has 0 radical (unpaired) electrons. The van der Waals surface area contributed by atoms with E-state index in [1.54, 1.807) is 30.3 Å². The topological polar surface area (TPSA) is 76.7 Å². The molecule has 124 valence electrons. The molecule has 0 bridgehead atoms. The minimum atomic E-state index is -0.290. The molecule has 0 atom stereocenters. The lowest BCUT2D eigenvalue weighted by atomic mass is 10.1. The summed E-state index contributed by atoms with van der Waals surface area (Å²) in [6, 6.07) is 10.4. The van der Waals surface area contributed by atoms with E-state index in [9.17, 15) is 9.59 Å². The molecule has 7 heteroatoms. The third-order valence-electron chi connectivity index (χ3n) is 3.48. The van der Waals surface area contributed by atoms with Gasteiger partial charge >= 0.3 is 0 Å². The Morgan fingerprint density at radius 1 is 1.12 bits per heavy atom. The van der Waals surface area contributed by atoms with Crippen LogP contribution in [-0.2, 0) is 4.79 Å². The van der Waals surface area contributed by atoms with E-state index in [0.717, 1.165) is 4.90 Å². The number of methoxy groups -OCH3 is 2. The Kier molecular flexibility index (Phi) is 4.61. The lowest BCUT2D eigenvalue weighted by molar-refractivity contribution is -0.113. The van der Waals surface area contributed by atoms with E-state index < -0.39 is 0 Å². The second-order valence-corrected chi connectivity index (χ2v) is 6.12. The molecule has 1 aliphatic rings. The van der Waals surface area contributed by atoms with Crippen LogP contribution in [0.4, 0.5) is 11.4 Å². The minimum absolute atomic E-state index is 0.0477. The van der Waals surface area contributed by atoms with Gasteiger partial charge in [0.25, 0.3) is 5.91 Å². The lowest BCUT2D eigenvalue weighted by Crippen LogP contribution is -2.19. The predicted octanol–water partition coefficient (Wildman–Crippen LogP) is 3.00. The molecule has 0 aromatic heterocycles. The molecular weight excluding hydrogens is 328 g/mol. The van der Waals surface area contributed by atoms with E-state index in [1.165, 1.54) is 26.0 Å². The van der Waals surface area contributed by atoms with Crippen molar-refractivity contribution in [2.45, 2.75) is 4.90 Å². The van der Waals surface area contributed by atoms with E-state index in [0.29, 0.717) is 34.2 Å². The predicted molar refractivity (Wildman–Crippen MR) is 93.3 cm³/mol. The summed E-state index contributed by atoms with van der Waals surface area (Å²) in [4.78, 5) is 24.9. The molecule has 1 heterocycles. The van der Waals surface area contributed by atoms with Crippen LogP contribution in [0.1, 0.15) is 10.4 Å². The molecule has 0 saturated carbocycles. The van der Waals surface area contributed by atoms with Gasteiger partial charge in [0.15, 0.2) is 0 Å². The Morgan fingerprint density at radius 3 is 2.50 bits per heavy atom. The summed E-state index contributed by atoms with van der Waals surface area (Å²) in [7, 11) is 3.06. The normalized spacial score (nSPS) is 12.8. The van der Waals surface area contributed by atoms with Crippen LogP contribution < -0.4 is 20.1 Å². The zero-order valence-corrected chi connectivity index (χ0v) is 14.0. The number of ether oxygens (including phenoxy) is 2. The molecule has 6 nitrogen and oxygen atoms in total. The second-order valence-electron chi connectivity index (χ2n) is 5.10. The van der Waals surface area contributed by atoms with Crippen LogP contribution in [0.2, 0.25) is 0 Å². The molecule has 0 spiro atoms. The van der Waals surface area contributed by atoms with Gasteiger partial charge in [-0.25, -0.2) is 0 Å². The van der Waals surface area contributed by atoms with E-state index in [4.69, 9.17) is 9.47 Å². The molecule has 2 N–H and O–H groups in total. The first-order valence-electron chi connectivity index (χ1n) is 7.20. The third-order valence-corrected chi connectivity index (χ3v) is 4.56. The lowest BCUT2D eigenvalue weighted by Gasteiger charge is -2.17. The van der Waals surface area contributed by atoms with Crippen molar-refractivity contribution in [2.24, 2.45) is 0 Å². The van der Waals surface area contributed by atoms with Gasteiger partial charge in [0, 0.05) is 22.2 Å². The summed E-state index contributed by atoms with van der Waals surface area (Å²) in [5.74, 6) is 1.14. The van der Waals surface area contributed by atoms with Gasteiger partial charge in [0.05, 0.1) is 25.7 Å². The highest BCUT2D eigenvalue weighted by molar-refractivity contribution is 8.00. The number of fused-ring (bicyclic) bond motifs is 1. The first-order valence-corrected chi connectivity index (χ1v) is 8.19. The second kappa shape index (κ2) is 6.84. The third kappa shape index (κ3) is 3.46. The SMILES string of the molecule is COc1cc(OC)cc(C(=O)Nc2ccc3c(c2)NC(=O)CS3)c1. The maximum atomic E-state index is 12.5. The highest BCUT2D eigenvalue weighted by atomic mass is 32.2. The van der Waals surface area contributed by atoms with Crippen LogP contribution in [0.3, 0.4) is 0 Å². The smallest absolute Gasteiger partial charge is 0.255 e. The Morgan fingerprint density at radius 2 is 1.83 bits per heavy atom. The van der Waals surface area contributed by atoms with Crippen molar-refractivity contribution in [2.75, 3.05) is 30.6 Å². The van der Waals surface area contributed by atoms with Crippen LogP contribution in [0.5, 0.6) is 11.5 Å². The number of amides is 2. The summed E-state index contributed by atoms with van der Waals surface area (Å²) in [5.41, 5.74) is 1.72. The summed E-state index contributed by atoms with van der Waals surface area (Å²) in [5, 5.41) is 5.61. The Balaban J connectivity index is 1.82. The number of rotatable bonds is 4. The molecule has 0 saturated heterocycles. The standard InChI is InChI=1S/C17H16N2O4S/c1-22-12-5-10(6-13(8-12)23-2)17(21)18-11-3-4-15-14(7-11)19-16(20)9-24-15/h3-8H,9H2,1-2H3,(H,18,21)(H,19,20). The van der Waals surface area contributed by atoms with Crippen LogP contribution >= 0.6 is 11.8 Å². The fourth-order valence-electron chi connectivity index (χ4n) is 2.30. The van der Waals surface area contributed by atoms with Crippen LogP contribution in [0, 0.1) is 0 Å². The van der Waals surface area contributed by atoms with Crippen LogP contribution in [0.25, 0.3) is 0 Å². The summed E-state index contributed by atoms with van der Waals surface area (Å²) >= 11 is 1.47. The van der Waals surface area contributed by atoms with Crippen molar-refractivity contribution < 1.29 is 19.1 Å². The molecule has 0 fully saturated rings. The monoisotopic (exact) mass is 344 g/mol. The van der Waals surface area contributed by atoms with Crippen molar-refractivity contribution in [3.05, 3.63) is 42.0 Å². The molecule has 2 aromatic carbocycles. The number of hydrogen-bond donors (Lipinski definition) is 2. The fraction of sp³-hybridized carbons (Fsp3) is 0.176. The van der Waals surface area contributed by atoms with Gasteiger partial charge in [-0.15, -0.1) is 11.8 Å². The number of anilines is 2. The number of carbonyl (C=O) groups is 2. The molecule has 24 heavy (non-hydrogen) atoms. The Bertz CT molecular complexity index is 785. The molecule has 0 unspecified atom stereocenters. The van der Waals surface area contributed by atoms with Crippen molar-refractivity contribution >= 4 is 35.0 Å². The maximum Gasteiger partial charge on any atom is 0.255 e. The summed E-state index contributed by atoms with van der Waals surface area (Å²) in [6.07, 6.45) is 0. The minimum Gasteiger partial charge on any atom is -0.497 e. The van der Waals surface area contributed by atoms with Crippen LogP contribution in [0.15, 0.2) is 41.3 Å². The maximum absolute atomic E-state index is 12.5. The van der Waals surface area contributed by atoms with Crippen molar-refractivity contribution in [3.63, 3.8) is 0 Å². The molecular formula is C17H16N2O4S. The fourth-order valence-corrected chi connectivity index (χ4v) is 3.09. The first kappa shape index (κ1) is 16.2. The molecule has 3 rings (SSSR count). The summed E-state index contributed by atoms with van der Waals surface area (Å²) < 4.78 is 10.3. The average Bonchev–Trinajstić information content (AvgIpc) is 2.60. The van der Waals surface area contributed by atoms with Gasteiger partial charge in [-0.3, -0.25) is 9.59 Å². The number of thioether (sulfide) groups is 1. The van der Waals surface area contributed by atoms with Gasteiger partial charge in [-0.2, -0.15) is 0 Å². The zero-order valence-electron chi connectivity index (χ0n) is 13.2. The van der Waals surface area contributed by atoms with Gasteiger partial charge < -0.3 is 20.1 Å². The quantitative estimate of drug-likeness (QED) is 0.892. The number of nitrogens with one attached hydrogen (secondary N) is 2. The summed E-state index contributed by atoms with van der Waals surface area (Å²) in [6.45, 7) is 0. The van der Waals surface area contributed by atoms with E-state index in [1.807, 2.05) is 6.07 Å². The van der Waals surface area contributed by atoms with Gasteiger partial charge in [0.2, 0.25) is 5.91 Å². The number of carbonyl (C=O) groups excluding carboxylic acids is 2. The first-order chi connectivity index (χ1) is 11.6. The van der Waals surface area contributed by atoms with Crippen molar-refractivity contribution in [1.29, 1.82) is 0 Å². The van der Waals surface area contributed by atoms with Gasteiger partial charge in [0.1, 0.15) is 11.5 Å². The average molecular weight is 344 g/mol. The molecule has 1 aliphatic heterocycles. The van der Waals surface area contributed by atoms with Gasteiger partial charge in [-0.05, 0) is 30.3 Å². The van der Waals surface area contributed by atoms with Crippen LogP contribution in [-0.4, -0.2) is 31.8 Å². The largest absolute Gasteiger partial charge is 0.497 e. The molecule has 0 aliphatic carbocycles.